The number of pyridine rings is 1. The average Bonchev–Trinajstić information content (AvgIpc) is 2.99. The van der Waals surface area contributed by atoms with Crippen LogP contribution in [0.1, 0.15) is 33.6 Å². The van der Waals surface area contributed by atoms with Crippen molar-refractivity contribution in [3.8, 4) is 17.2 Å². The first-order valence-corrected chi connectivity index (χ1v) is 14.3. The van der Waals surface area contributed by atoms with E-state index in [-0.39, 0.29) is 53.4 Å². The number of esters is 1. The Morgan fingerprint density at radius 1 is 0.956 bits per heavy atom. The molecular formula is C33H28ClF3N2O6. The van der Waals surface area contributed by atoms with Crippen LogP contribution in [-0.2, 0) is 33.7 Å². The number of carbonyl (C=O) groups excluding carboxylic acids is 2. The van der Waals surface area contributed by atoms with Gasteiger partial charge in [-0.3, -0.25) is 9.78 Å². The molecule has 1 N–H and O–H groups in total. The van der Waals surface area contributed by atoms with Crippen LogP contribution in [0.15, 0.2) is 66.9 Å². The maximum atomic E-state index is 15.0. The van der Waals surface area contributed by atoms with Gasteiger partial charge in [0.25, 0.3) is 0 Å². The van der Waals surface area contributed by atoms with Gasteiger partial charge in [-0.05, 0) is 60.0 Å². The lowest BCUT2D eigenvalue weighted by molar-refractivity contribution is -0.117. The molecule has 8 nitrogen and oxygen atoms in total. The number of anilines is 1. The van der Waals surface area contributed by atoms with Gasteiger partial charge < -0.3 is 24.3 Å². The first-order chi connectivity index (χ1) is 21.7. The van der Waals surface area contributed by atoms with Crippen LogP contribution < -0.4 is 14.8 Å². The van der Waals surface area contributed by atoms with Crippen LogP contribution in [0.4, 0.5) is 18.9 Å². The van der Waals surface area contributed by atoms with E-state index in [1.165, 1.54) is 37.6 Å². The van der Waals surface area contributed by atoms with Crippen LogP contribution in [0.5, 0.6) is 17.2 Å². The molecule has 0 aliphatic carbocycles. The van der Waals surface area contributed by atoms with Gasteiger partial charge in [0.05, 0.1) is 24.5 Å². The molecule has 0 saturated carbocycles. The quantitative estimate of drug-likeness (QED) is 0.158. The van der Waals surface area contributed by atoms with E-state index < -0.39 is 29.2 Å². The molecule has 1 aromatic heterocycles. The minimum absolute atomic E-state index is 0.0270. The predicted octanol–water partition coefficient (Wildman–Crippen LogP) is 6.87. The fraction of sp³-hybridized carbons (Fsp3) is 0.242. The molecule has 1 fully saturated rings. The highest BCUT2D eigenvalue weighted by Gasteiger charge is 2.20. The summed E-state index contributed by atoms with van der Waals surface area (Å²) < 4.78 is 65.3. The fourth-order valence-corrected chi connectivity index (χ4v) is 4.71. The molecule has 0 amide bonds. The summed E-state index contributed by atoms with van der Waals surface area (Å²) >= 11 is 5.75. The Labute approximate surface area is 262 Å². The summed E-state index contributed by atoms with van der Waals surface area (Å²) in [5.41, 5.74) is 1.65. The molecule has 45 heavy (non-hydrogen) atoms. The van der Waals surface area contributed by atoms with Crippen LogP contribution in [0.2, 0.25) is 5.02 Å². The van der Waals surface area contributed by atoms with Gasteiger partial charge >= 0.3 is 5.97 Å². The topological polar surface area (TPSA) is 96.0 Å². The molecule has 2 heterocycles. The molecule has 4 aromatic rings. The number of nitrogens with zero attached hydrogens (tertiary/aromatic N) is 1. The lowest BCUT2D eigenvalue weighted by Crippen LogP contribution is -2.33. The summed E-state index contributed by atoms with van der Waals surface area (Å²) in [6.45, 7) is 1.04. The normalized spacial score (nSPS) is 13.9. The van der Waals surface area contributed by atoms with Crippen molar-refractivity contribution in [2.45, 2.75) is 32.0 Å². The highest BCUT2D eigenvalue weighted by Crippen LogP contribution is 2.29. The van der Waals surface area contributed by atoms with Crippen LogP contribution >= 0.6 is 11.6 Å². The number of benzene rings is 3. The molecule has 12 heteroatoms. The summed E-state index contributed by atoms with van der Waals surface area (Å²) in [6.07, 6.45) is 1.85. The van der Waals surface area contributed by atoms with E-state index in [1.54, 1.807) is 18.2 Å². The third-order valence-electron chi connectivity index (χ3n) is 7.01. The van der Waals surface area contributed by atoms with Crippen molar-refractivity contribution in [3.63, 3.8) is 0 Å². The zero-order valence-electron chi connectivity index (χ0n) is 24.1. The van der Waals surface area contributed by atoms with Crippen LogP contribution in [0, 0.1) is 17.5 Å². The molecule has 1 atom stereocenters. The van der Waals surface area contributed by atoms with Crippen molar-refractivity contribution in [2.75, 3.05) is 25.6 Å². The number of Topliss-reactive ketones (excluding diaryl/α,β-unsaturated/α-hetero) is 1. The van der Waals surface area contributed by atoms with Gasteiger partial charge in [0.15, 0.2) is 23.1 Å². The number of nitrogens with one attached hydrogen (secondary N) is 1. The molecule has 3 aromatic carbocycles. The Kier molecular flexibility index (Phi) is 10.2. The molecule has 1 aliphatic heterocycles. The standard InChI is InChI=1S/C33H28ClF3N2O6/c1-42-33(41)20-3-2-19(30(13-20)39-17-26-7-9-43-26)10-24(40)11-21-12-28(36)32(16-27(21)35)45-25-6-8-38-23(15-25)18-44-31-5-4-22(34)14-29(31)37/h2-6,8,12-16,26,39H,7,9-11,17-18H2,1H3/t26-/m0/s1. The molecule has 0 unspecified atom stereocenters. The first-order valence-electron chi connectivity index (χ1n) is 14.0. The Hall–Kier alpha value is -4.61. The van der Waals surface area contributed by atoms with E-state index in [2.05, 4.69) is 10.3 Å². The Morgan fingerprint density at radius 3 is 2.47 bits per heavy atom. The highest BCUT2D eigenvalue weighted by molar-refractivity contribution is 6.30. The number of carbonyl (C=O) groups is 2. The van der Waals surface area contributed by atoms with E-state index in [0.717, 1.165) is 24.6 Å². The lowest BCUT2D eigenvalue weighted by Gasteiger charge is -2.27. The van der Waals surface area contributed by atoms with Gasteiger partial charge in [0.2, 0.25) is 0 Å². The summed E-state index contributed by atoms with van der Waals surface area (Å²) in [4.78, 5) is 29.1. The van der Waals surface area contributed by atoms with Crippen molar-refractivity contribution in [3.05, 3.63) is 112 Å². The second kappa shape index (κ2) is 14.4. The number of hydrogen-bond acceptors (Lipinski definition) is 8. The van der Waals surface area contributed by atoms with E-state index in [9.17, 15) is 14.0 Å². The summed E-state index contributed by atoms with van der Waals surface area (Å²) in [5, 5.41) is 3.43. The summed E-state index contributed by atoms with van der Waals surface area (Å²) in [6, 6.07) is 13.4. The molecular weight excluding hydrogens is 613 g/mol. The first kappa shape index (κ1) is 31.8. The van der Waals surface area contributed by atoms with E-state index >= 15 is 8.78 Å². The van der Waals surface area contributed by atoms with Crippen LogP contribution in [0.25, 0.3) is 0 Å². The van der Waals surface area contributed by atoms with Gasteiger partial charge in [-0.1, -0.05) is 17.7 Å². The van der Waals surface area contributed by atoms with Crippen molar-refractivity contribution in [1.82, 2.24) is 4.98 Å². The van der Waals surface area contributed by atoms with Crippen molar-refractivity contribution < 1.29 is 41.7 Å². The number of methoxy groups -OCH3 is 1. The van der Waals surface area contributed by atoms with Gasteiger partial charge in [-0.15, -0.1) is 0 Å². The zero-order chi connectivity index (χ0) is 31.9. The van der Waals surface area contributed by atoms with Crippen LogP contribution in [0.3, 0.4) is 0 Å². The van der Waals surface area contributed by atoms with E-state index in [1.807, 2.05) is 0 Å². The largest absolute Gasteiger partial charge is 0.484 e. The maximum Gasteiger partial charge on any atom is 0.337 e. The molecule has 1 saturated heterocycles. The average molecular weight is 641 g/mol. The number of ketones is 1. The lowest BCUT2D eigenvalue weighted by atomic mass is 9.99. The highest BCUT2D eigenvalue weighted by atomic mass is 35.5. The third kappa shape index (κ3) is 8.31. The Bertz CT molecular complexity index is 1720. The van der Waals surface area contributed by atoms with Crippen molar-refractivity contribution in [2.24, 2.45) is 0 Å². The molecule has 234 valence electrons. The van der Waals surface area contributed by atoms with Gasteiger partial charge in [-0.25, -0.2) is 18.0 Å². The van der Waals surface area contributed by atoms with E-state index in [0.29, 0.717) is 35.7 Å². The van der Waals surface area contributed by atoms with Crippen molar-refractivity contribution in [1.29, 1.82) is 0 Å². The van der Waals surface area contributed by atoms with E-state index in [4.69, 9.17) is 30.5 Å². The minimum atomic E-state index is -0.873. The monoisotopic (exact) mass is 640 g/mol. The number of aromatic nitrogens is 1. The fourth-order valence-electron chi connectivity index (χ4n) is 4.55. The van der Waals surface area contributed by atoms with Gasteiger partial charge in [0.1, 0.15) is 24.0 Å². The van der Waals surface area contributed by atoms with Gasteiger partial charge in [-0.2, -0.15) is 0 Å². The Morgan fingerprint density at radius 2 is 1.73 bits per heavy atom. The van der Waals surface area contributed by atoms with Crippen molar-refractivity contribution >= 4 is 29.0 Å². The molecule has 0 radical (unpaired) electrons. The maximum absolute atomic E-state index is 15.0. The SMILES string of the molecule is COC(=O)c1ccc(CC(=O)Cc2cc(F)c(Oc3ccnc(COc4ccc(Cl)cc4F)c3)cc2F)c(NC[C@@H]2CCO2)c1. The minimum Gasteiger partial charge on any atom is -0.484 e. The molecule has 0 spiro atoms. The number of ether oxygens (including phenoxy) is 4. The zero-order valence-corrected chi connectivity index (χ0v) is 24.8. The molecule has 0 bridgehead atoms. The molecule has 5 rings (SSSR count). The third-order valence-corrected chi connectivity index (χ3v) is 7.24. The predicted molar refractivity (Wildman–Crippen MR) is 159 cm³/mol. The summed E-state index contributed by atoms with van der Waals surface area (Å²) in [5.74, 6) is -3.51. The number of halogens is 4. The Balaban J connectivity index is 1.23. The number of hydrogen-bond donors (Lipinski definition) is 1. The van der Waals surface area contributed by atoms with Crippen LogP contribution in [-0.4, -0.2) is 43.1 Å². The second-order valence-electron chi connectivity index (χ2n) is 10.2. The smallest absolute Gasteiger partial charge is 0.337 e. The van der Waals surface area contributed by atoms with Gasteiger partial charge in [0, 0.05) is 55.0 Å². The summed E-state index contributed by atoms with van der Waals surface area (Å²) in [7, 11) is 1.27. The molecule has 1 aliphatic rings. The number of rotatable bonds is 13. The second-order valence-corrected chi connectivity index (χ2v) is 10.7.